The zero-order chi connectivity index (χ0) is 15.2. The second kappa shape index (κ2) is 4.41. The number of nitrogens with one attached hydrogen (secondary N) is 1. The summed E-state index contributed by atoms with van der Waals surface area (Å²) < 4.78 is 4.62. The molecule has 0 bridgehead atoms. The van der Waals surface area contributed by atoms with Gasteiger partial charge in [0, 0.05) is 0 Å². The molecular formula is C14H13N3O4. The molecule has 108 valence electrons. The number of carbonyl (C=O) groups excluding carboxylic acids is 3. The van der Waals surface area contributed by atoms with Crippen LogP contribution in [0.15, 0.2) is 35.4 Å². The number of benzene rings is 1. The Balaban J connectivity index is 2.04. The minimum absolute atomic E-state index is 0.0724. The van der Waals surface area contributed by atoms with E-state index in [0.29, 0.717) is 5.69 Å². The van der Waals surface area contributed by atoms with Crippen LogP contribution < -0.4 is 10.3 Å². The summed E-state index contributed by atoms with van der Waals surface area (Å²) in [6.45, 7) is 1.56. The number of hydrazone groups is 1. The van der Waals surface area contributed by atoms with Crippen LogP contribution in [0, 0.1) is 5.92 Å². The van der Waals surface area contributed by atoms with Crippen molar-refractivity contribution in [1.29, 1.82) is 0 Å². The van der Waals surface area contributed by atoms with Gasteiger partial charge in [0.2, 0.25) is 5.91 Å². The number of hydrogen-bond acceptors (Lipinski definition) is 6. The normalized spacial score (nSPS) is 27.2. The number of esters is 1. The largest absolute Gasteiger partial charge is 0.464 e. The first kappa shape index (κ1) is 13.3. The van der Waals surface area contributed by atoms with E-state index in [4.69, 9.17) is 0 Å². The van der Waals surface area contributed by atoms with E-state index >= 15 is 0 Å². The molecule has 0 radical (unpaired) electrons. The molecule has 3 rings (SSSR count). The molecule has 2 aliphatic heterocycles. The summed E-state index contributed by atoms with van der Waals surface area (Å²) in [6.07, 6.45) is 0. The van der Waals surface area contributed by atoms with Crippen LogP contribution >= 0.6 is 0 Å². The first-order valence-electron chi connectivity index (χ1n) is 6.37. The summed E-state index contributed by atoms with van der Waals surface area (Å²) in [4.78, 5) is 38.0. The molecule has 1 N–H and O–H groups in total. The molecule has 1 saturated heterocycles. The third kappa shape index (κ3) is 1.67. The van der Waals surface area contributed by atoms with E-state index in [9.17, 15) is 14.4 Å². The lowest BCUT2D eigenvalue weighted by Crippen LogP contribution is -2.48. The smallest absolute Gasteiger partial charge is 0.355 e. The van der Waals surface area contributed by atoms with Gasteiger partial charge in [-0.25, -0.2) is 9.69 Å². The van der Waals surface area contributed by atoms with Crippen LogP contribution in [0.2, 0.25) is 0 Å². The van der Waals surface area contributed by atoms with Gasteiger partial charge in [0.15, 0.2) is 5.71 Å². The highest BCUT2D eigenvalue weighted by Gasteiger charge is 2.63. The van der Waals surface area contributed by atoms with Gasteiger partial charge in [-0.2, -0.15) is 5.10 Å². The number of para-hydroxylation sites is 1. The van der Waals surface area contributed by atoms with Crippen molar-refractivity contribution in [2.24, 2.45) is 11.0 Å². The van der Waals surface area contributed by atoms with Gasteiger partial charge in [0.25, 0.3) is 5.91 Å². The first-order chi connectivity index (χ1) is 10.0. The maximum absolute atomic E-state index is 12.6. The van der Waals surface area contributed by atoms with Gasteiger partial charge in [0.1, 0.15) is 11.5 Å². The topological polar surface area (TPSA) is 88.1 Å². The Labute approximate surface area is 120 Å². The minimum Gasteiger partial charge on any atom is -0.464 e. The molecule has 1 aromatic carbocycles. The van der Waals surface area contributed by atoms with E-state index in [1.807, 2.05) is 0 Å². The quantitative estimate of drug-likeness (QED) is 0.614. The molecular weight excluding hydrogens is 274 g/mol. The van der Waals surface area contributed by atoms with E-state index in [-0.39, 0.29) is 5.71 Å². The highest BCUT2D eigenvalue weighted by Crippen LogP contribution is 2.37. The van der Waals surface area contributed by atoms with Crippen LogP contribution in [0.4, 0.5) is 5.69 Å². The van der Waals surface area contributed by atoms with Gasteiger partial charge >= 0.3 is 5.97 Å². The number of fused-ring (bicyclic) bond motifs is 1. The van der Waals surface area contributed by atoms with Gasteiger partial charge in [-0.05, 0) is 19.1 Å². The van der Waals surface area contributed by atoms with E-state index in [1.165, 1.54) is 7.11 Å². The Morgan fingerprint density at radius 1 is 1.33 bits per heavy atom. The molecule has 1 fully saturated rings. The van der Waals surface area contributed by atoms with Crippen LogP contribution in [-0.4, -0.2) is 36.1 Å². The molecule has 0 saturated carbocycles. The van der Waals surface area contributed by atoms with E-state index in [1.54, 1.807) is 37.3 Å². The van der Waals surface area contributed by atoms with Crippen molar-refractivity contribution in [2.75, 3.05) is 12.0 Å². The highest BCUT2D eigenvalue weighted by atomic mass is 16.5. The van der Waals surface area contributed by atoms with Crippen molar-refractivity contribution in [2.45, 2.75) is 12.5 Å². The number of methoxy groups -OCH3 is 1. The summed E-state index contributed by atoms with van der Waals surface area (Å²) in [5, 5.41) is 3.82. The van der Waals surface area contributed by atoms with Crippen molar-refractivity contribution in [3.63, 3.8) is 0 Å². The maximum Gasteiger partial charge on any atom is 0.355 e. The molecule has 0 spiro atoms. The third-order valence-corrected chi connectivity index (χ3v) is 3.78. The average molecular weight is 287 g/mol. The molecule has 2 aliphatic rings. The third-order valence-electron chi connectivity index (χ3n) is 3.78. The van der Waals surface area contributed by atoms with Gasteiger partial charge in [-0.1, -0.05) is 18.2 Å². The van der Waals surface area contributed by atoms with E-state index in [2.05, 4.69) is 15.3 Å². The Morgan fingerprint density at radius 3 is 2.62 bits per heavy atom. The summed E-state index contributed by atoms with van der Waals surface area (Å²) >= 11 is 0. The molecule has 21 heavy (non-hydrogen) atoms. The molecule has 0 unspecified atom stereocenters. The molecule has 7 nitrogen and oxygen atoms in total. The lowest BCUT2D eigenvalue weighted by Gasteiger charge is -2.20. The fraction of sp³-hybridized carbons (Fsp3) is 0.286. The van der Waals surface area contributed by atoms with Crippen LogP contribution in [-0.2, 0) is 19.1 Å². The zero-order valence-corrected chi connectivity index (χ0v) is 11.5. The van der Waals surface area contributed by atoms with Crippen molar-refractivity contribution in [3.05, 3.63) is 30.3 Å². The monoisotopic (exact) mass is 287 g/mol. The number of hydrogen-bond donors (Lipinski definition) is 1. The Kier molecular flexibility index (Phi) is 2.79. The highest BCUT2D eigenvalue weighted by molar-refractivity contribution is 6.47. The van der Waals surface area contributed by atoms with E-state index < -0.39 is 29.2 Å². The van der Waals surface area contributed by atoms with Gasteiger partial charge in [0.05, 0.1) is 12.8 Å². The minimum atomic E-state index is -1.25. The Bertz CT molecular complexity index is 670. The first-order valence-corrected chi connectivity index (χ1v) is 6.37. The average Bonchev–Trinajstić information content (AvgIpc) is 2.94. The molecule has 0 aliphatic carbocycles. The predicted molar refractivity (Wildman–Crippen MR) is 73.4 cm³/mol. The van der Waals surface area contributed by atoms with Gasteiger partial charge in [-0.3, -0.25) is 15.0 Å². The molecule has 2 heterocycles. The molecule has 7 heteroatoms. The summed E-state index contributed by atoms with van der Waals surface area (Å²) in [5.41, 5.74) is 1.76. The molecule has 2 atom stereocenters. The van der Waals surface area contributed by atoms with Gasteiger partial charge < -0.3 is 4.74 Å². The van der Waals surface area contributed by atoms with Crippen LogP contribution in [0.3, 0.4) is 0 Å². The van der Waals surface area contributed by atoms with Gasteiger partial charge in [-0.15, -0.1) is 0 Å². The van der Waals surface area contributed by atoms with Crippen molar-refractivity contribution in [1.82, 2.24) is 5.43 Å². The second-order valence-corrected chi connectivity index (χ2v) is 5.05. The summed E-state index contributed by atoms with van der Waals surface area (Å²) in [5.74, 6) is -2.61. The Morgan fingerprint density at radius 2 is 2.00 bits per heavy atom. The van der Waals surface area contributed by atoms with Crippen LogP contribution in [0.25, 0.3) is 0 Å². The number of nitrogens with zero attached hydrogens (tertiary/aromatic N) is 2. The molecule has 2 amide bonds. The second-order valence-electron chi connectivity index (χ2n) is 5.05. The van der Waals surface area contributed by atoms with Crippen molar-refractivity contribution < 1.29 is 19.1 Å². The number of carbonyl (C=O) groups is 3. The fourth-order valence-corrected chi connectivity index (χ4v) is 2.67. The number of rotatable bonds is 2. The lowest BCUT2D eigenvalue weighted by molar-refractivity contribution is -0.133. The standard InChI is InChI=1S/C14H13N3O4/c1-14-9(10(15-16-14)12(19)21-2)11(18)17(13(14)20)8-6-4-3-5-7-8/h3-7,9,16H,1-2H3/t9-,14-/m0/s1. The SMILES string of the molecule is COC(=O)C1=NN[C@]2(C)C(=O)N(c3ccccc3)C(=O)[C@H]12. The van der Waals surface area contributed by atoms with E-state index in [0.717, 1.165) is 4.90 Å². The zero-order valence-electron chi connectivity index (χ0n) is 11.5. The van der Waals surface area contributed by atoms with Crippen molar-refractivity contribution in [3.8, 4) is 0 Å². The maximum atomic E-state index is 12.6. The van der Waals surface area contributed by atoms with Crippen molar-refractivity contribution >= 4 is 29.2 Å². The van der Waals surface area contributed by atoms with Crippen LogP contribution in [0.1, 0.15) is 6.92 Å². The Hall–Kier alpha value is -2.70. The molecule has 0 aromatic heterocycles. The lowest BCUT2D eigenvalue weighted by atomic mass is 9.86. The predicted octanol–water partition coefficient (Wildman–Crippen LogP) is 0.0669. The summed E-state index contributed by atoms with van der Waals surface area (Å²) in [7, 11) is 1.21. The number of amides is 2. The number of imide groups is 1. The van der Waals surface area contributed by atoms with Crippen LogP contribution in [0.5, 0.6) is 0 Å². The number of anilines is 1. The molecule has 1 aromatic rings. The number of ether oxygens (including phenoxy) is 1. The summed E-state index contributed by atoms with van der Waals surface area (Å²) in [6, 6.07) is 8.57. The fourth-order valence-electron chi connectivity index (χ4n) is 2.67.